The average Bonchev–Trinajstić information content (AvgIpc) is 2.41. The predicted molar refractivity (Wildman–Crippen MR) is 80.6 cm³/mol. The lowest BCUT2D eigenvalue weighted by Crippen LogP contribution is -1.95. The van der Waals surface area contributed by atoms with Crippen molar-refractivity contribution in [1.29, 1.82) is 0 Å². The van der Waals surface area contributed by atoms with Crippen LogP contribution in [0.1, 0.15) is 11.1 Å². The van der Waals surface area contributed by atoms with Gasteiger partial charge in [-0.15, -0.1) is 0 Å². The van der Waals surface area contributed by atoms with Crippen molar-refractivity contribution in [2.24, 2.45) is 0 Å². The second-order valence-electron chi connectivity index (χ2n) is 4.08. The van der Waals surface area contributed by atoms with E-state index in [1.807, 2.05) is 42.5 Å². The maximum Gasteiger partial charge on any atom is 0.119 e. The van der Waals surface area contributed by atoms with Gasteiger partial charge >= 0.3 is 0 Å². The van der Waals surface area contributed by atoms with Crippen LogP contribution in [0, 0.1) is 0 Å². The number of methoxy groups -OCH3 is 1. The van der Waals surface area contributed by atoms with Gasteiger partial charge in [-0.05, 0) is 35.4 Å². The average molecular weight is 342 g/mol. The Morgan fingerprint density at radius 1 is 1.11 bits per heavy atom. The molecule has 2 aromatic rings. The maximum atomic E-state index is 6.13. The standard InChI is InChI=1S/C15H14BrClO2/c1-18-14-4-2-3-11(7-14)9-19-10-12-5-6-13(16)8-15(12)17/h2-8H,9-10H2,1H3. The predicted octanol–water partition coefficient (Wildman–Crippen LogP) is 4.83. The molecule has 2 aromatic carbocycles. The van der Waals surface area contributed by atoms with Crippen LogP contribution in [0.3, 0.4) is 0 Å². The second-order valence-corrected chi connectivity index (χ2v) is 5.40. The van der Waals surface area contributed by atoms with Crippen molar-refractivity contribution in [1.82, 2.24) is 0 Å². The molecule has 0 aliphatic heterocycles. The fraction of sp³-hybridized carbons (Fsp3) is 0.200. The Kier molecular flexibility index (Phi) is 5.25. The number of ether oxygens (including phenoxy) is 2. The van der Waals surface area contributed by atoms with Crippen LogP contribution in [-0.2, 0) is 18.0 Å². The van der Waals surface area contributed by atoms with Crippen LogP contribution in [0.4, 0.5) is 0 Å². The third-order valence-corrected chi connectivity index (χ3v) is 3.52. The first-order chi connectivity index (χ1) is 9.19. The highest BCUT2D eigenvalue weighted by Crippen LogP contribution is 2.22. The maximum absolute atomic E-state index is 6.13. The number of hydrogen-bond acceptors (Lipinski definition) is 2. The molecule has 0 N–H and O–H groups in total. The third kappa shape index (κ3) is 4.23. The molecule has 4 heteroatoms. The van der Waals surface area contributed by atoms with Gasteiger partial charge in [0.15, 0.2) is 0 Å². The Balaban J connectivity index is 1.92. The largest absolute Gasteiger partial charge is 0.497 e. The Bertz CT molecular complexity index is 558. The molecule has 0 aliphatic carbocycles. The van der Waals surface area contributed by atoms with E-state index in [1.54, 1.807) is 7.11 Å². The zero-order chi connectivity index (χ0) is 13.7. The summed E-state index contributed by atoms with van der Waals surface area (Å²) in [6, 6.07) is 13.6. The minimum atomic E-state index is 0.489. The summed E-state index contributed by atoms with van der Waals surface area (Å²) in [4.78, 5) is 0. The molecule has 0 spiro atoms. The van der Waals surface area contributed by atoms with Crippen molar-refractivity contribution >= 4 is 27.5 Å². The summed E-state index contributed by atoms with van der Waals surface area (Å²) in [7, 11) is 1.65. The quantitative estimate of drug-likeness (QED) is 0.775. The zero-order valence-corrected chi connectivity index (χ0v) is 12.9. The normalized spacial score (nSPS) is 10.5. The lowest BCUT2D eigenvalue weighted by Gasteiger charge is -2.08. The van der Waals surface area contributed by atoms with Crippen LogP contribution >= 0.6 is 27.5 Å². The summed E-state index contributed by atoms with van der Waals surface area (Å²) in [5, 5.41) is 0.708. The summed E-state index contributed by atoms with van der Waals surface area (Å²) in [5.41, 5.74) is 2.06. The van der Waals surface area contributed by atoms with Crippen LogP contribution < -0.4 is 4.74 Å². The van der Waals surface area contributed by atoms with Gasteiger partial charge in [-0.25, -0.2) is 0 Å². The molecule has 2 nitrogen and oxygen atoms in total. The lowest BCUT2D eigenvalue weighted by molar-refractivity contribution is 0.107. The minimum absolute atomic E-state index is 0.489. The van der Waals surface area contributed by atoms with Crippen LogP contribution in [0.2, 0.25) is 5.02 Å². The smallest absolute Gasteiger partial charge is 0.119 e. The number of halogens is 2. The van der Waals surface area contributed by atoms with E-state index < -0.39 is 0 Å². The first kappa shape index (κ1) is 14.4. The van der Waals surface area contributed by atoms with Crippen molar-refractivity contribution < 1.29 is 9.47 Å². The molecule has 2 rings (SSSR count). The van der Waals surface area contributed by atoms with Gasteiger partial charge in [-0.2, -0.15) is 0 Å². The Morgan fingerprint density at radius 2 is 1.95 bits per heavy atom. The van der Waals surface area contributed by atoms with Gasteiger partial charge in [0.25, 0.3) is 0 Å². The first-order valence-corrected chi connectivity index (χ1v) is 7.01. The van der Waals surface area contributed by atoms with Crippen LogP contribution in [0.15, 0.2) is 46.9 Å². The van der Waals surface area contributed by atoms with E-state index in [0.29, 0.717) is 18.2 Å². The zero-order valence-electron chi connectivity index (χ0n) is 10.5. The molecule has 0 bridgehead atoms. The molecule has 0 atom stereocenters. The summed E-state index contributed by atoms with van der Waals surface area (Å²) < 4.78 is 11.8. The highest BCUT2D eigenvalue weighted by Gasteiger charge is 2.02. The minimum Gasteiger partial charge on any atom is -0.497 e. The highest BCUT2D eigenvalue weighted by molar-refractivity contribution is 9.10. The first-order valence-electron chi connectivity index (χ1n) is 5.83. The number of benzene rings is 2. The Labute approximate surface area is 126 Å². The van der Waals surface area contributed by atoms with Gasteiger partial charge in [0.1, 0.15) is 5.75 Å². The van der Waals surface area contributed by atoms with Crippen molar-refractivity contribution in [2.45, 2.75) is 13.2 Å². The van der Waals surface area contributed by atoms with E-state index in [2.05, 4.69) is 15.9 Å². The second kappa shape index (κ2) is 6.94. The number of hydrogen-bond donors (Lipinski definition) is 0. The molecule has 0 heterocycles. The van der Waals surface area contributed by atoms with Crippen molar-refractivity contribution in [3.63, 3.8) is 0 Å². The molecular weight excluding hydrogens is 328 g/mol. The molecule has 0 saturated carbocycles. The monoisotopic (exact) mass is 340 g/mol. The topological polar surface area (TPSA) is 18.5 Å². The van der Waals surface area contributed by atoms with Gasteiger partial charge in [0, 0.05) is 9.50 Å². The molecule has 19 heavy (non-hydrogen) atoms. The van der Waals surface area contributed by atoms with Crippen LogP contribution in [-0.4, -0.2) is 7.11 Å². The van der Waals surface area contributed by atoms with Gasteiger partial charge in [0.2, 0.25) is 0 Å². The van der Waals surface area contributed by atoms with Gasteiger partial charge in [-0.1, -0.05) is 45.7 Å². The summed E-state index contributed by atoms with van der Waals surface area (Å²) >= 11 is 9.51. The Morgan fingerprint density at radius 3 is 2.68 bits per heavy atom. The molecule has 0 aliphatic rings. The van der Waals surface area contributed by atoms with E-state index >= 15 is 0 Å². The summed E-state index contributed by atoms with van der Waals surface area (Å²) in [6.45, 7) is 1.02. The van der Waals surface area contributed by atoms with E-state index in [1.165, 1.54) is 0 Å². The van der Waals surface area contributed by atoms with Crippen molar-refractivity contribution in [3.05, 3.63) is 63.1 Å². The van der Waals surface area contributed by atoms with E-state index in [-0.39, 0.29) is 0 Å². The molecule has 0 amide bonds. The van der Waals surface area contributed by atoms with Gasteiger partial charge in [-0.3, -0.25) is 0 Å². The fourth-order valence-corrected chi connectivity index (χ4v) is 2.41. The molecule has 0 unspecified atom stereocenters. The van der Waals surface area contributed by atoms with E-state index in [0.717, 1.165) is 21.3 Å². The van der Waals surface area contributed by atoms with Gasteiger partial charge < -0.3 is 9.47 Å². The highest BCUT2D eigenvalue weighted by atomic mass is 79.9. The van der Waals surface area contributed by atoms with E-state index in [9.17, 15) is 0 Å². The van der Waals surface area contributed by atoms with E-state index in [4.69, 9.17) is 21.1 Å². The summed E-state index contributed by atoms with van der Waals surface area (Å²) in [5.74, 6) is 0.836. The van der Waals surface area contributed by atoms with Crippen LogP contribution in [0.25, 0.3) is 0 Å². The number of rotatable bonds is 5. The molecule has 100 valence electrons. The SMILES string of the molecule is COc1cccc(COCc2ccc(Br)cc2Cl)c1. The van der Waals surface area contributed by atoms with Crippen molar-refractivity contribution in [3.8, 4) is 5.75 Å². The van der Waals surface area contributed by atoms with Crippen molar-refractivity contribution in [2.75, 3.05) is 7.11 Å². The molecule has 0 fully saturated rings. The molecule has 0 saturated heterocycles. The van der Waals surface area contributed by atoms with Crippen LogP contribution in [0.5, 0.6) is 5.75 Å². The lowest BCUT2D eigenvalue weighted by atomic mass is 10.2. The molecular formula is C15H14BrClO2. The fourth-order valence-electron chi connectivity index (χ4n) is 1.68. The molecule has 0 aromatic heterocycles. The summed E-state index contributed by atoms with van der Waals surface area (Å²) in [6.07, 6.45) is 0. The Hall–Kier alpha value is -1.03. The molecule has 0 radical (unpaired) electrons. The third-order valence-electron chi connectivity index (χ3n) is 2.68. The van der Waals surface area contributed by atoms with Gasteiger partial charge in [0.05, 0.1) is 20.3 Å².